The van der Waals surface area contributed by atoms with Crippen molar-refractivity contribution in [2.45, 2.75) is 19.3 Å². The fourth-order valence-corrected chi connectivity index (χ4v) is 3.60. The Labute approximate surface area is 156 Å². The molecule has 7 nitrogen and oxygen atoms in total. The summed E-state index contributed by atoms with van der Waals surface area (Å²) in [5, 5.41) is 12.6. The maximum Gasteiger partial charge on any atom is 0.308 e. The Kier molecular flexibility index (Phi) is 6.21. The van der Waals surface area contributed by atoms with Crippen LogP contribution in [0.5, 0.6) is 11.5 Å². The zero-order chi connectivity index (χ0) is 18.5. The quantitative estimate of drug-likeness (QED) is 0.779. The van der Waals surface area contributed by atoms with Crippen LogP contribution in [0.1, 0.15) is 18.4 Å². The highest BCUT2D eigenvalue weighted by Gasteiger charge is 2.30. The van der Waals surface area contributed by atoms with Gasteiger partial charge in [0.15, 0.2) is 11.5 Å². The van der Waals surface area contributed by atoms with Crippen LogP contribution in [0.2, 0.25) is 5.02 Å². The van der Waals surface area contributed by atoms with Gasteiger partial charge in [0, 0.05) is 19.8 Å². The average Bonchev–Trinajstić information content (AvgIpc) is 2.62. The van der Waals surface area contributed by atoms with Crippen LogP contribution in [0, 0.1) is 11.8 Å². The van der Waals surface area contributed by atoms with E-state index in [1.54, 1.807) is 12.1 Å². The van der Waals surface area contributed by atoms with Crippen molar-refractivity contribution in [3.63, 3.8) is 0 Å². The molecule has 2 aliphatic rings. The third-order valence-corrected chi connectivity index (χ3v) is 4.97. The monoisotopic (exact) mass is 383 g/mol. The van der Waals surface area contributed by atoms with Gasteiger partial charge in [-0.05, 0) is 36.5 Å². The first-order chi connectivity index (χ1) is 12.5. The molecule has 0 spiro atoms. The Hall–Kier alpha value is -1.99. The smallest absolute Gasteiger partial charge is 0.308 e. The first kappa shape index (κ1) is 18.8. The molecule has 1 amide bonds. The fraction of sp³-hybridized carbons (Fsp3) is 0.556. The fourth-order valence-electron chi connectivity index (χ4n) is 3.31. The normalized spacial score (nSPS) is 18.2. The highest BCUT2D eigenvalue weighted by molar-refractivity contribution is 6.32. The number of ether oxygens (including phenoxy) is 3. The number of benzene rings is 1. The number of hydrogen-bond donors (Lipinski definition) is 2. The number of carbonyl (C=O) groups is 2. The van der Waals surface area contributed by atoms with Crippen molar-refractivity contribution in [3.05, 3.63) is 22.7 Å². The number of carboxylic acids is 1. The Balaban J connectivity index is 1.58. The third kappa shape index (κ3) is 4.59. The second-order valence-corrected chi connectivity index (χ2v) is 6.88. The molecule has 1 atom stereocenters. The largest absolute Gasteiger partial charge is 0.486 e. The highest BCUT2D eigenvalue weighted by atomic mass is 35.5. The highest BCUT2D eigenvalue weighted by Crippen LogP contribution is 2.38. The van der Waals surface area contributed by atoms with Crippen molar-refractivity contribution in [2.24, 2.45) is 11.8 Å². The summed E-state index contributed by atoms with van der Waals surface area (Å²) in [4.78, 5) is 23.8. The summed E-state index contributed by atoms with van der Waals surface area (Å²) in [6, 6.07) is 3.40. The zero-order valence-corrected chi connectivity index (χ0v) is 15.1. The van der Waals surface area contributed by atoms with E-state index in [0.29, 0.717) is 61.4 Å². The molecule has 3 rings (SSSR count). The van der Waals surface area contributed by atoms with E-state index >= 15 is 0 Å². The molecular weight excluding hydrogens is 362 g/mol. The predicted octanol–water partition coefficient (Wildman–Crippen LogP) is 1.90. The van der Waals surface area contributed by atoms with Crippen LogP contribution in [0.25, 0.3) is 0 Å². The van der Waals surface area contributed by atoms with E-state index in [1.165, 1.54) is 0 Å². The molecule has 8 heteroatoms. The number of rotatable bonds is 6. The third-order valence-electron chi connectivity index (χ3n) is 4.69. The zero-order valence-electron chi connectivity index (χ0n) is 14.3. The van der Waals surface area contributed by atoms with Crippen molar-refractivity contribution in [3.8, 4) is 11.5 Å². The lowest BCUT2D eigenvalue weighted by molar-refractivity contribution is -0.144. The molecule has 1 aromatic rings. The van der Waals surface area contributed by atoms with E-state index in [-0.39, 0.29) is 24.8 Å². The number of halogens is 1. The predicted molar refractivity (Wildman–Crippen MR) is 93.8 cm³/mol. The summed E-state index contributed by atoms with van der Waals surface area (Å²) < 4.78 is 16.2. The molecule has 2 aliphatic heterocycles. The number of carboxylic acid groups (broad SMARTS) is 1. The summed E-state index contributed by atoms with van der Waals surface area (Å²) in [6.07, 6.45) is 1.49. The lowest BCUT2D eigenvalue weighted by Crippen LogP contribution is -2.39. The van der Waals surface area contributed by atoms with Crippen LogP contribution in [0.3, 0.4) is 0 Å². The van der Waals surface area contributed by atoms with Crippen LogP contribution in [-0.4, -0.2) is 50.0 Å². The molecule has 1 aromatic carbocycles. The SMILES string of the molecule is O=C(Cc1cc(Cl)c2c(c1)OCCO2)NCC(C(=O)O)C1CCOCC1. The van der Waals surface area contributed by atoms with E-state index in [1.807, 2.05) is 0 Å². The maximum atomic E-state index is 12.3. The molecule has 0 aromatic heterocycles. The summed E-state index contributed by atoms with van der Waals surface area (Å²) in [7, 11) is 0. The van der Waals surface area contributed by atoms with Gasteiger partial charge in [-0.1, -0.05) is 11.6 Å². The van der Waals surface area contributed by atoms with E-state index in [2.05, 4.69) is 5.32 Å². The van der Waals surface area contributed by atoms with Gasteiger partial charge in [0.25, 0.3) is 0 Å². The molecule has 2 N–H and O–H groups in total. The lowest BCUT2D eigenvalue weighted by Gasteiger charge is -2.27. The topological polar surface area (TPSA) is 94.1 Å². The number of carbonyl (C=O) groups excluding carboxylic acids is 1. The lowest BCUT2D eigenvalue weighted by atomic mass is 9.86. The molecule has 142 valence electrons. The molecule has 0 aliphatic carbocycles. The van der Waals surface area contributed by atoms with E-state index in [9.17, 15) is 14.7 Å². The maximum absolute atomic E-state index is 12.3. The molecule has 0 saturated carbocycles. The average molecular weight is 384 g/mol. The van der Waals surface area contributed by atoms with Gasteiger partial charge in [0.05, 0.1) is 17.4 Å². The number of fused-ring (bicyclic) bond motifs is 1. The summed E-state index contributed by atoms with van der Waals surface area (Å²) in [5.41, 5.74) is 0.690. The minimum atomic E-state index is -0.889. The molecule has 26 heavy (non-hydrogen) atoms. The van der Waals surface area contributed by atoms with Crippen molar-refractivity contribution < 1.29 is 28.9 Å². The van der Waals surface area contributed by atoms with E-state index < -0.39 is 11.9 Å². The van der Waals surface area contributed by atoms with E-state index in [0.717, 1.165) is 0 Å². The standard InChI is InChI=1S/C18H22ClNO6/c19-14-7-11(8-15-17(14)26-6-5-25-15)9-16(21)20-10-13(18(22)23)12-1-3-24-4-2-12/h7-8,12-13H,1-6,9-10H2,(H,20,21)(H,22,23). The van der Waals surface area contributed by atoms with Gasteiger partial charge in [0.2, 0.25) is 5.91 Å². The Morgan fingerprint density at radius 3 is 2.65 bits per heavy atom. The molecule has 0 radical (unpaired) electrons. The van der Waals surface area contributed by atoms with Crippen LogP contribution < -0.4 is 14.8 Å². The Morgan fingerprint density at radius 2 is 1.92 bits per heavy atom. The second kappa shape index (κ2) is 8.60. The van der Waals surface area contributed by atoms with Gasteiger partial charge < -0.3 is 24.6 Å². The number of nitrogens with one attached hydrogen (secondary N) is 1. The van der Waals surface area contributed by atoms with E-state index in [4.69, 9.17) is 25.8 Å². The Morgan fingerprint density at radius 1 is 1.19 bits per heavy atom. The van der Waals surface area contributed by atoms with Gasteiger partial charge in [-0.2, -0.15) is 0 Å². The van der Waals surface area contributed by atoms with Crippen molar-refractivity contribution in [1.29, 1.82) is 0 Å². The minimum Gasteiger partial charge on any atom is -0.486 e. The van der Waals surface area contributed by atoms with Crippen molar-refractivity contribution >= 4 is 23.5 Å². The number of aliphatic carboxylic acids is 1. The molecule has 0 bridgehead atoms. The van der Waals surface area contributed by atoms with Crippen LogP contribution in [-0.2, 0) is 20.7 Å². The summed E-state index contributed by atoms with van der Waals surface area (Å²) in [5.74, 6) is -0.711. The van der Waals surface area contributed by atoms with Crippen molar-refractivity contribution in [1.82, 2.24) is 5.32 Å². The number of hydrogen-bond acceptors (Lipinski definition) is 5. The van der Waals surface area contributed by atoms with Gasteiger partial charge in [-0.15, -0.1) is 0 Å². The van der Waals surface area contributed by atoms with Crippen LogP contribution in [0.4, 0.5) is 0 Å². The van der Waals surface area contributed by atoms with Crippen LogP contribution >= 0.6 is 11.6 Å². The summed E-state index contributed by atoms with van der Waals surface area (Å²) in [6.45, 7) is 2.12. The molecule has 1 unspecified atom stereocenters. The second-order valence-electron chi connectivity index (χ2n) is 6.48. The minimum absolute atomic E-state index is 0.0188. The molecule has 1 fully saturated rings. The Bertz CT molecular complexity index is 674. The first-order valence-electron chi connectivity index (χ1n) is 8.70. The van der Waals surface area contributed by atoms with Crippen LogP contribution in [0.15, 0.2) is 12.1 Å². The summed E-state index contributed by atoms with van der Waals surface area (Å²) >= 11 is 6.18. The van der Waals surface area contributed by atoms with Gasteiger partial charge >= 0.3 is 5.97 Å². The van der Waals surface area contributed by atoms with Crippen molar-refractivity contribution in [2.75, 3.05) is 33.0 Å². The first-order valence-corrected chi connectivity index (χ1v) is 9.07. The van der Waals surface area contributed by atoms with Gasteiger partial charge in [-0.25, -0.2) is 0 Å². The molecule has 1 saturated heterocycles. The molecule has 2 heterocycles. The number of amides is 1. The molecular formula is C18H22ClNO6. The van der Waals surface area contributed by atoms with Gasteiger partial charge in [-0.3, -0.25) is 9.59 Å². The van der Waals surface area contributed by atoms with Gasteiger partial charge in [0.1, 0.15) is 13.2 Å².